The fourth-order valence-corrected chi connectivity index (χ4v) is 3.85. The highest BCUT2D eigenvalue weighted by molar-refractivity contribution is 7.89. The number of rotatable bonds is 6. The van der Waals surface area contributed by atoms with E-state index in [0.29, 0.717) is 5.92 Å². The van der Waals surface area contributed by atoms with E-state index < -0.39 is 15.9 Å². The zero-order valence-corrected chi connectivity index (χ0v) is 13.3. The number of sulfonamides is 1. The third-order valence-corrected chi connectivity index (χ3v) is 5.44. The summed E-state index contributed by atoms with van der Waals surface area (Å²) in [6.45, 7) is 0. The Morgan fingerprint density at radius 3 is 2.17 bits per heavy atom. The van der Waals surface area contributed by atoms with Crippen molar-refractivity contribution in [2.24, 2.45) is 11.7 Å². The minimum absolute atomic E-state index is 0.129. The highest BCUT2D eigenvalue weighted by Crippen LogP contribution is 2.41. The Kier molecular flexibility index (Phi) is 4.19. The van der Waals surface area contributed by atoms with Gasteiger partial charge >= 0.3 is 0 Å². The quantitative estimate of drug-likeness (QED) is 0.851. The molecule has 0 heterocycles. The smallest absolute Gasteiger partial charge is 0.248 e. The summed E-state index contributed by atoms with van der Waals surface area (Å²) in [6, 6.07) is 15.0. The molecule has 1 amide bonds. The molecule has 0 aromatic heterocycles. The van der Waals surface area contributed by atoms with Gasteiger partial charge in [0.2, 0.25) is 15.9 Å². The van der Waals surface area contributed by atoms with Crippen molar-refractivity contribution in [1.29, 1.82) is 0 Å². The van der Waals surface area contributed by atoms with E-state index in [1.165, 1.54) is 24.3 Å². The number of amides is 1. The molecule has 0 bridgehead atoms. The van der Waals surface area contributed by atoms with Crippen LogP contribution in [0.5, 0.6) is 0 Å². The van der Waals surface area contributed by atoms with E-state index in [0.717, 1.165) is 18.4 Å². The van der Waals surface area contributed by atoms with E-state index in [9.17, 15) is 13.2 Å². The second-order valence-corrected chi connectivity index (χ2v) is 7.45. The zero-order chi connectivity index (χ0) is 16.4. The molecule has 1 aliphatic carbocycles. The molecule has 0 aliphatic heterocycles. The predicted octanol–water partition coefficient (Wildman–Crippen LogP) is 2.22. The molecule has 1 aliphatic rings. The van der Waals surface area contributed by atoms with Crippen molar-refractivity contribution in [2.45, 2.75) is 23.8 Å². The molecule has 6 heteroatoms. The second-order valence-electron chi connectivity index (χ2n) is 5.74. The summed E-state index contributed by atoms with van der Waals surface area (Å²) in [4.78, 5) is 11.2. The number of carbonyl (C=O) groups is 1. The maximum Gasteiger partial charge on any atom is 0.248 e. The van der Waals surface area contributed by atoms with Gasteiger partial charge in [-0.15, -0.1) is 0 Å². The molecule has 1 fully saturated rings. The second kappa shape index (κ2) is 6.14. The average Bonchev–Trinajstić information content (AvgIpc) is 3.38. The Hall–Kier alpha value is -2.18. The van der Waals surface area contributed by atoms with Gasteiger partial charge in [-0.1, -0.05) is 30.3 Å². The summed E-state index contributed by atoms with van der Waals surface area (Å²) in [6.07, 6.45) is 2.03. The van der Waals surface area contributed by atoms with E-state index >= 15 is 0 Å². The molecule has 0 spiro atoms. The Labute approximate surface area is 135 Å². The standard InChI is InChI=1S/C17H18N2O3S/c18-17(20)14-8-10-15(11-9-14)23(21,22)19-16(13-6-7-13)12-4-2-1-3-5-12/h1-5,8-11,13,16,19H,6-7H2,(H2,18,20). The fourth-order valence-electron chi connectivity index (χ4n) is 2.56. The molecule has 0 saturated heterocycles. The maximum atomic E-state index is 12.6. The molecule has 2 aromatic rings. The molecular weight excluding hydrogens is 312 g/mol. The van der Waals surface area contributed by atoms with Gasteiger partial charge < -0.3 is 5.73 Å². The van der Waals surface area contributed by atoms with Crippen LogP contribution in [-0.2, 0) is 10.0 Å². The first-order valence-electron chi connectivity index (χ1n) is 7.44. The molecule has 3 rings (SSSR count). The number of nitrogens with two attached hydrogens (primary N) is 1. The molecule has 120 valence electrons. The van der Waals surface area contributed by atoms with Crippen molar-refractivity contribution in [1.82, 2.24) is 4.72 Å². The zero-order valence-electron chi connectivity index (χ0n) is 12.5. The summed E-state index contributed by atoms with van der Waals surface area (Å²) < 4.78 is 28.0. The van der Waals surface area contributed by atoms with Crippen LogP contribution < -0.4 is 10.5 Å². The lowest BCUT2D eigenvalue weighted by Crippen LogP contribution is -2.30. The van der Waals surface area contributed by atoms with Gasteiger partial charge in [0, 0.05) is 11.6 Å². The maximum absolute atomic E-state index is 12.6. The van der Waals surface area contributed by atoms with Crippen LogP contribution in [0.1, 0.15) is 34.8 Å². The normalized spacial score (nSPS) is 16.0. The Morgan fingerprint density at radius 1 is 1.04 bits per heavy atom. The Balaban J connectivity index is 1.85. The highest BCUT2D eigenvalue weighted by atomic mass is 32.2. The molecular formula is C17H18N2O3S. The lowest BCUT2D eigenvalue weighted by atomic mass is 10.0. The van der Waals surface area contributed by atoms with Crippen molar-refractivity contribution >= 4 is 15.9 Å². The van der Waals surface area contributed by atoms with Gasteiger partial charge in [0.25, 0.3) is 0 Å². The van der Waals surface area contributed by atoms with E-state index in [1.807, 2.05) is 30.3 Å². The number of hydrogen-bond donors (Lipinski definition) is 2. The first-order valence-corrected chi connectivity index (χ1v) is 8.93. The summed E-state index contributed by atoms with van der Waals surface area (Å²) in [5.74, 6) is -0.251. The van der Waals surface area contributed by atoms with Crippen molar-refractivity contribution < 1.29 is 13.2 Å². The van der Waals surface area contributed by atoms with Crippen LogP contribution >= 0.6 is 0 Å². The number of carbonyl (C=O) groups excluding carboxylic acids is 1. The van der Waals surface area contributed by atoms with Gasteiger partial charge in [-0.25, -0.2) is 13.1 Å². The molecule has 23 heavy (non-hydrogen) atoms. The number of primary amides is 1. The van der Waals surface area contributed by atoms with Gasteiger partial charge in [-0.3, -0.25) is 4.79 Å². The van der Waals surface area contributed by atoms with Crippen LogP contribution in [0, 0.1) is 5.92 Å². The summed E-state index contributed by atoms with van der Waals surface area (Å²) >= 11 is 0. The van der Waals surface area contributed by atoms with Crippen LogP contribution in [0.15, 0.2) is 59.5 Å². The summed E-state index contributed by atoms with van der Waals surface area (Å²) in [5.41, 5.74) is 6.42. The number of benzene rings is 2. The van der Waals surface area contributed by atoms with Gasteiger partial charge in [0.05, 0.1) is 4.90 Å². The fraction of sp³-hybridized carbons (Fsp3) is 0.235. The SMILES string of the molecule is NC(=O)c1ccc(S(=O)(=O)NC(c2ccccc2)C2CC2)cc1. The monoisotopic (exact) mass is 330 g/mol. The molecule has 5 nitrogen and oxygen atoms in total. The predicted molar refractivity (Wildman–Crippen MR) is 87.2 cm³/mol. The summed E-state index contributed by atoms with van der Waals surface area (Å²) in [7, 11) is -3.66. The van der Waals surface area contributed by atoms with Crippen molar-refractivity contribution in [3.63, 3.8) is 0 Å². The molecule has 1 unspecified atom stereocenters. The van der Waals surface area contributed by atoms with Crippen LogP contribution in [-0.4, -0.2) is 14.3 Å². The Bertz CT molecular complexity index is 797. The van der Waals surface area contributed by atoms with Gasteiger partial charge in [0.15, 0.2) is 0 Å². The van der Waals surface area contributed by atoms with Crippen LogP contribution in [0.4, 0.5) is 0 Å². The van der Waals surface area contributed by atoms with E-state index in [2.05, 4.69) is 4.72 Å². The molecule has 2 aromatic carbocycles. The number of hydrogen-bond acceptors (Lipinski definition) is 3. The average molecular weight is 330 g/mol. The van der Waals surface area contributed by atoms with Crippen LogP contribution in [0.3, 0.4) is 0 Å². The molecule has 1 saturated carbocycles. The molecule has 3 N–H and O–H groups in total. The van der Waals surface area contributed by atoms with Crippen LogP contribution in [0.2, 0.25) is 0 Å². The van der Waals surface area contributed by atoms with Crippen molar-refractivity contribution in [3.05, 3.63) is 65.7 Å². The third-order valence-electron chi connectivity index (χ3n) is 3.98. The Morgan fingerprint density at radius 2 is 1.65 bits per heavy atom. The lowest BCUT2D eigenvalue weighted by molar-refractivity contribution is 0.1000. The first kappa shape index (κ1) is 15.7. The number of nitrogens with one attached hydrogen (secondary N) is 1. The van der Waals surface area contributed by atoms with E-state index in [1.54, 1.807) is 0 Å². The van der Waals surface area contributed by atoms with Gasteiger partial charge in [-0.05, 0) is 48.6 Å². The molecule has 0 radical (unpaired) electrons. The minimum atomic E-state index is -3.66. The lowest BCUT2D eigenvalue weighted by Gasteiger charge is -2.19. The third kappa shape index (κ3) is 3.60. The topological polar surface area (TPSA) is 89.3 Å². The van der Waals surface area contributed by atoms with Crippen LogP contribution in [0.25, 0.3) is 0 Å². The van der Waals surface area contributed by atoms with Crippen molar-refractivity contribution in [3.8, 4) is 0 Å². The first-order chi connectivity index (χ1) is 11.0. The highest BCUT2D eigenvalue weighted by Gasteiger charge is 2.35. The minimum Gasteiger partial charge on any atom is -0.366 e. The molecule has 1 atom stereocenters. The van der Waals surface area contributed by atoms with E-state index in [4.69, 9.17) is 5.73 Å². The van der Waals surface area contributed by atoms with E-state index in [-0.39, 0.29) is 16.5 Å². The van der Waals surface area contributed by atoms with Crippen molar-refractivity contribution in [2.75, 3.05) is 0 Å². The summed E-state index contributed by atoms with van der Waals surface area (Å²) in [5, 5.41) is 0. The van der Waals surface area contributed by atoms with Gasteiger partial charge in [-0.2, -0.15) is 0 Å². The largest absolute Gasteiger partial charge is 0.366 e. The van der Waals surface area contributed by atoms with Gasteiger partial charge in [0.1, 0.15) is 0 Å².